The second-order valence-corrected chi connectivity index (χ2v) is 6.17. The molecule has 0 aromatic carbocycles. The fourth-order valence-electron chi connectivity index (χ4n) is 2.83. The number of methoxy groups -OCH3 is 1. The van der Waals surface area contributed by atoms with Crippen LogP contribution in [0.5, 0.6) is 0 Å². The predicted molar refractivity (Wildman–Crippen MR) is 85.9 cm³/mol. The lowest BCUT2D eigenvalue weighted by molar-refractivity contribution is 0.158. The Morgan fingerprint density at radius 3 is 3.00 bits per heavy atom. The summed E-state index contributed by atoms with van der Waals surface area (Å²) < 4.78 is 5.15. The molecule has 5 heteroatoms. The first-order valence-corrected chi connectivity index (χ1v) is 7.89. The third-order valence-electron chi connectivity index (χ3n) is 4.05. The number of rotatable bonds is 7. The van der Waals surface area contributed by atoms with Crippen molar-refractivity contribution in [3.63, 3.8) is 0 Å². The molecular formula is C16H28N4O. The zero-order valence-corrected chi connectivity index (χ0v) is 13.7. The number of aromatic nitrogens is 2. The van der Waals surface area contributed by atoms with Gasteiger partial charge in [-0.2, -0.15) is 0 Å². The highest BCUT2D eigenvalue weighted by Gasteiger charge is 2.27. The summed E-state index contributed by atoms with van der Waals surface area (Å²) in [5.74, 6) is 2.39. The van der Waals surface area contributed by atoms with Crippen molar-refractivity contribution in [1.82, 2.24) is 14.9 Å². The first-order valence-electron chi connectivity index (χ1n) is 7.89. The van der Waals surface area contributed by atoms with E-state index in [-0.39, 0.29) is 0 Å². The molecule has 1 aliphatic heterocycles. The van der Waals surface area contributed by atoms with Crippen molar-refractivity contribution in [2.24, 2.45) is 0 Å². The van der Waals surface area contributed by atoms with Crippen LogP contribution in [0.4, 0.5) is 5.82 Å². The molecule has 0 bridgehead atoms. The van der Waals surface area contributed by atoms with Crippen LogP contribution in [0.1, 0.15) is 38.4 Å². The van der Waals surface area contributed by atoms with Crippen LogP contribution in [0.3, 0.4) is 0 Å². The molecule has 0 radical (unpaired) electrons. The molecule has 1 aromatic rings. The van der Waals surface area contributed by atoms with Crippen molar-refractivity contribution in [2.45, 2.75) is 38.6 Å². The Morgan fingerprint density at radius 2 is 2.29 bits per heavy atom. The molecule has 1 saturated heterocycles. The van der Waals surface area contributed by atoms with Crippen molar-refractivity contribution in [2.75, 3.05) is 45.3 Å². The van der Waals surface area contributed by atoms with Gasteiger partial charge in [-0.15, -0.1) is 0 Å². The summed E-state index contributed by atoms with van der Waals surface area (Å²) in [5, 5.41) is 0. The summed E-state index contributed by atoms with van der Waals surface area (Å²) in [6.07, 6.45) is 4.36. The largest absolute Gasteiger partial charge is 0.383 e. The number of likely N-dealkylation sites (N-methyl/N-ethyl adjacent to an activating group) is 1. The minimum atomic E-state index is 0.371. The van der Waals surface area contributed by atoms with E-state index in [1.165, 1.54) is 12.8 Å². The van der Waals surface area contributed by atoms with Crippen LogP contribution < -0.4 is 4.90 Å². The molecule has 21 heavy (non-hydrogen) atoms. The van der Waals surface area contributed by atoms with Gasteiger partial charge in [0, 0.05) is 44.9 Å². The second-order valence-electron chi connectivity index (χ2n) is 6.17. The highest BCUT2D eigenvalue weighted by Crippen LogP contribution is 2.25. The molecule has 0 aliphatic carbocycles. The zero-order valence-electron chi connectivity index (χ0n) is 13.7. The molecule has 0 unspecified atom stereocenters. The van der Waals surface area contributed by atoms with Gasteiger partial charge in [0.1, 0.15) is 11.6 Å². The van der Waals surface area contributed by atoms with Gasteiger partial charge in [0.15, 0.2) is 0 Å². The Kier molecular flexibility index (Phi) is 5.94. The Morgan fingerprint density at radius 1 is 1.48 bits per heavy atom. The van der Waals surface area contributed by atoms with Crippen LogP contribution >= 0.6 is 0 Å². The van der Waals surface area contributed by atoms with Crippen molar-refractivity contribution < 1.29 is 4.74 Å². The van der Waals surface area contributed by atoms with Gasteiger partial charge < -0.3 is 14.5 Å². The van der Waals surface area contributed by atoms with Gasteiger partial charge in [-0.3, -0.25) is 0 Å². The van der Waals surface area contributed by atoms with Crippen LogP contribution in [0, 0.1) is 0 Å². The summed E-state index contributed by atoms with van der Waals surface area (Å²) in [4.78, 5) is 13.9. The van der Waals surface area contributed by atoms with E-state index in [1.807, 2.05) is 12.3 Å². The van der Waals surface area contributed by atoms with Crippen LogP contribution in [-0.2, 0) is 4.74 Å². The van der Waals surface area contributed by atoms with E-state index < -0.39 is 0 Å². The molecule has 0 saturated carbocycles. The van der Waals surface area contributed by atoms with Gasteiger partial charge in [0.2, 0.25) is 0 Å². The minimum absolute atomic E-state index is 0.371. The van der Waals surface area contributed by atoms with E-state index in [0.29, 0.717) is 12.0 Å². The molecule has 1 aliphatic rings. The van der Waals surface area contributed by atoms with Gasteiger partial charge in [-0.1, -0.05) is 13.8 Å². The van der Waals surface area contributed by atoms with E-state index in [4.69, 9.17) is 9.72 Å². The molecule has 2 heterocycles. The van der Waals surface area contributed by atoms with Gasteiger partial charge >= 0.3 is 0 Å². The average molecular weight is 292 g/mol. The van der Waals surface area contributed by atoms with Gasteiger partial charge in [-0.25, -0.2) is 9.97 Å². The highest BCUT2D eigenvalue weighted by atomic mass is 16.5. The summed E-state index contributed by atoms with van der Waals surface area (Å²) in [5.41, 5.74) is 0. The Labute approximate surface area is 128 Å². The van der Waals surface area contributed by atoms with Crippen LogP contribution in [0.25, 0.3) is 0 Å². The van der Waals surface area contributed by atoms with Crippen molar-refractivity contribution >= 4 is 5.82 Å². The fourth-order valence-corrected chi connectivity index (χ4v) is 2.83. The Bertz CT molecular complexity index is 438. The SMILES string of the molecule is COCCN(C)C[C@H]1CCCN1c1ccnc(C(C)C)n1. The third-order valence-corrected chi connectivity index (χ3v) is 4.05. The summed E-state index contributed by atoms with van der Waals surface area (Å²) >= 11 is 0. The summed E-state index contributed by atoms with van der Waals surface area (Å²) in [6, 6.07) is 2.58. The molecule has 1 atom stereocenters. The highest BCUT2D eigenvalue weighted by molar-refractivity contribution is 5.40. The summed E-state index contributed by atoms with van der Waals surface area (Å²) in [6.45, 7) is 8.19. The number of ether oxygens (including phenoxy) is 1. The van der Waals surface area contributed by atoms with E-state index in [0.717, 1.165) is 37.9 Å². The third kappa shape index (κ3) is 4.38. The lowest BCUT2D eigenvalue weighted by Gasteiger charge is -2.29. The molecule has 0 spiro atoms. The van der Waals surface area contributed by atoms with E-state index >= 15 is 0 Å². The van der Waals surface area contributed by atoms with Gasteiger partial charge in [0.05, 0.1) is 6.61 Å². The smallest absolute Gasteiger partial charge is 0.133 e. The summed E-state index contributed by atoms with van der Waals surface area (Å²) in [7, 11) is 3.92. The molecule has 0 amide bonds. The number of anilines is 1. The van der Waals surface area contributed by atoms with Crippen molar-refractivity contribution in [3.8, 4) is 0 Å². The normalized spacial score (nSPS) is 19.0. The predicted octanol–water partition coefficient (Wildman–Crippen LogP) is 2.15. The van der Waals surface area contributed by atoms with Gasteiger partial charge in [0.25, 0.3) is 0 Å². The van der Waals surface area contributed by atoms with Crippen molar-refractivity contribution in [3.05, 3.63) is 18.1 Å². The van der Waals surface area contributed by atoms with Crippen LogP contribution in [0.2, 0.25) is 0 Å². The minimum Gasteiger partial charge on any atom is -0.383 e. The topological polar surface area (TPSA) is 41.5 Å². The molecule has 118 valence electrons. The zero-order chi connectivity index (χ0) is 15.2. The molecule has 0 N–H and O–H groups in total. The quantitative estimate of drug-likeness (QED) is 0.770. The maximum absolute atomic E-state index is 5.15. The first kappa shape index (κ1) is 16.2. The van der Waals surface area contributed by atoms with E-state index in [2.05, 4.69) is 35.7 Å². The number of hydrogen-bond acceptors (Lipinski definition) is 5. The molecular weight excluding hydrogens is 264 g/mol. The molecule has 5 nitrogen and oxygen atoms in total. The lowest BCUT2D eigenvalue weighted by atomic mass is 10.2. The average Bonchev–Trinajstić information content (AvgIpc) is 2.93. The number of hydrogen-bond donors (Lipinski definition) is 0. The maximum Gasteiger partial charge on any atom is 0.133 e. The second kappa shape index (κ2) is 7.71. The monoisotopic (exact) mass is 292 g/mol. The maximum atomic E-state index is 5.15. The standard InChI is InChI=1S/C16H28N4O/c1-13(2)16-17-8-7-15(18-16)20-9-5-6-14(20)12-19(3)10-11-21-4/h7-8,13-14H,5-6,9-12H2,1-4H3/t14-/m1/s1. The number of nitrogens with zero attached hydrogens (tertiary/aromatic N) is 4. The molecule has 2 rings (SSSR count). The first-order chi connectivity index (χ1) is 10.1. The Hall–Kier alpha value is -1.20. The van der Waals surface area contributed by atoms with Crippen LogP contribution in [-0.4, -0.2) is 61.3 Å². The van der Waals surface area contributed by atoms with Crippen LogP contribution in [0.15, 0.2) is 12.3 Å². The fraction of sp³-hybridized carbons (Fsp3) is 0.750. The van der Waals surface area contributed by atoms with E-state index in [1.54, 1.807) is 7.11 Å². The van der Waals surface area contributed by atoms with Gasteiger partial charge in [-0.05, 0) is 26.0 Å². The van der Waals surface area contributed by atoms with E-state index in [9.17, 15) is 0 Å². The lowest BCUT2D eigenvalue weighted by Crippen LogP contribution is -2.40. The molecule has 1 fully saturated rings. The Balaban J connectivity index is 2.02. The molecule has 1 aromatic heterocycles. The van der Waals surface area contributed by atoms with Crippen molar-refractivity contribution in [1.29, 1.82) is 0 Å².